The highest BCUT2D eigenvalue weighted by Crippen LogP contribution is 2.42. The number of piperidine rings is 1. The zero-order valence-corrected chi connectivity index (χ0v) is 24.2. The van der Waals surface area contributed by atoms with Crippen molar-refractivity contribution in [3.05, 3.63) is 35.5 Å². The maximum Gasteiger partial charge on any atom is 0.161 e. The molecule has 3 fully saturated rings. The molecule has 3 aromatic rings. The number of imidazole rings is 1. The standard InChI is InChI=1S/C31H43N5O3/c1-20-14-26(32-31-29(20)33-30(34(31)2)22-6-7-27(38-4)28(17-22)39-5)21-8-10-36(11-9-21)25-15-23-18-35(12-13-37-3)19-24(23)16-25/h6-7,14,17,21,23-25H,8-13,15-16,18-19H2,1-5H3/t23-,24+,25?. The van der Waals surface area contributed by atoms with Gasteiger partial charge < -0.3 is 28.6 Å². The van der Waals surface area contributed by atoms with E-state index in [9.17, 15) is 0 Å². The molecule has 0 spiro atoms. The van der Waals surface area contributed by atoms with Gasteiger partial charge in [0, 0.05) is 57.0 Å². The first-order chi connectivity index (χ1) is 19.0. The van der Waals surface area contributed by atoms with E-state index in [4.69, 9.17) is 24.2 Å². The van der Waals surface area contributed by atoms with Crippen LogP contribution in [0.15, 0.2) is 24.3 Å². The Kier molecular flexibility index (Phi) is 7.53. The number of rotatable bonds is 8. The number of nitrogens with zero attached hydrogens (tertiary/aromatic N) is 5. The van der Waals surface area contributed by atoms with E-state index in [0.717, 1.165) is 53.6 Å². The number of methoxy groups -OCH3 is 3. The van der Waals surface area contributed by atoms with Gasteiger partial charge in [0.2, 0.25) is 0 Å². The van der Waals surface area contributed by atoms with E-state index in [1.807, 2.05) is 18.2 Å². The summed E-state index contributed by atoms with van der Waals surface area (Å²) in [4.78, 5) is 15.6. The Hall–Kier alpha value is -2.68. The van der Waals surface area contributed by atoms with Crippen molar-refractivity contribution in [2.75, 3.05) is 60.7 Å². The molecule has 2 aromatic heterocycles. The minimum atomic E-state index is 0.509. The van der Waals surface area contributed by atoms with Crippen molar-refractivity contribution >= 4 is 11.2 Å². The first-order valence-electron chi connectivity index (χ1n) is 14.5. The van der Waals surface area contributed by atoms with Crippen molar-refractivity contribution < 1.29 is 14.2 Å². The predicted octanol–water partition coefficient (Wildman–Crippen LogP) is 4.50. The summed E-state index contributed by atoms with van der Waals surface area (Å²) in [5, 5.41) is 0. The molecule has 0 bridgehead atoms. The van der Waals surface area contributed by atoms with Gasteiger partial charge in [0.25, 0.3) is 0 Å². The van der Waals surface area contributed by atoms with Crippen LogP contribution in [0.3, 0.4) is 0 Å². The molecule has 3 aliphatic rings. The van der Waals surface area contributed by atoms with E-state index in [2.05, 4.69) is 34.4 Å². The van der Waals surface area contributed by atoms with Crippen LogP contribution in [0, 0.1) is 18.8 Å². The van der Waals surface area contributed by atoms with E-state index in [1.165, 1.54) is 63.1 Å². The SMILES string of the molecule is COCCN1C[C@H]2CC(N3CCC(c4cc(C)c5nc(-c6ccc(OC)c(OC)c6)n(C)c5n4)CC3)C[C@H]2C1. The molecule has 1 saturated carbocycles. The van der Waals surface area contributed by atoms with Crippen LogP contribution in [0.4, 0.5) is 0 Å². The lowest BCUT2D eigenvalue weighted by Crippen LogP contribution is -2.41. The first kappa shape index (κ1) is 26.5. The van der Waals surface area contributed by atoms with Gasteiger partial charge in [-0.3, -0.25) is 0 Å². The lowest BCUT2D eigenvalue weighted by Gasteiger charge is -2.36. The van der Waals surface area contributed by atoms with E-state index >= 15 is 0 Å². The molecule has 2 aliphatic heterocycles. The fraction of sp³-hybridized carbons (Fsp3) is 0.613. The van der Waals surface area contributed by atoms with Gasteiger partial charge in [0.15, 0.2) is 17.1 Å². The second-order valence-corrected chi connectivity index (χ2v) is 11.8. The van der Waals surface area contributed by atoms with Gasteiger partial charge in [-0.05, 0) is 87.4 Å². The van der Waals surface area contributed by atoms with E-state index < -0.39 is 0 Å². The molecule has 1 unspecified atom stereocenters. The van der Waals surface area contributed by atoms with E-state index in [1.54, 1.807) is 21.3 Å². The highest BCUT2D eigenvalue weighted by atomic mass is 16.5. The van der Waals surface area contributed by atoms with Crippen molar-refractivity contribution in [1.29, 1.82) is 0 Å². The fourth-order valence-corrected chi connectivity index (χ4v) is 7.40. The van der Waals surface area contributed by atoms with Gasteiger partial charge in [-0.2, -0.15) is 0 Å². The molecule has 0 radical (unpaired) electrons. The van der Waals surface area contributed by atoms with Crippen molar-refractivity contribution in [3.63, 3.8) is 0 Å². The van der Waals surface area contributed by atoms with Gasteiger partial charge >= 0.3 is 0 Å². The average molecular weight is 534 g/mol. The van der Waals surface area contributed by atoms with Crippen molar-refractivity contribution in [2.45, 2.75) is 44.6 Å². The summed E-state index contributed by atoms with van der Waals surface area (Å²) in [5.74, 6) is 4.57. The Bertz CT molecular complexity index is 1300. The zero-order valence-electron chi connectivity index (χ0n) is 24.2. The van der Waals surface area contributed by atoms with Crippen LogP contribution in [0.5, 0.6) is 11.5 Å². The van der Waals surface area contributed by atoms with Gasteiger partial charge in [-0.25, -0.2) is 9.97 Å². The lowest BCUT2D eigenvalue weighted by molar-refractivity contribution is 0.132. The average Bonchev–Trinajstić information content (AvgIpc) is 3.63. The molecule has 3 atom stereocenters. The maximum atomic E-state index is 5.53. The number of benzene rings is 1. The number of aromatic nitrogens is 3. The minimum absolute atomic E-state index is 0.509. The molecule has 8 nitrogen and oxygen atoms in total. The van der Waals surface area contributed by atoms with Crippen LogP contribution in [-0.2, 0) is 11.8 Å². The number of aryl methyl sites for hydroxylation is 2. The molecule has 39 heavy (non-hydrogen) atoms. The number of hydrogen-bond acceptors (Lipinski definition) is 7. The third kappa shape index (κ3) is 5.03. The third-order valence-corrected chi connectivity index (χ3v) is 9.56. The van der Waals surface area contributed by atoms with Gasteiger partial charge in [0.05, 0.1) is 20.8 Å². The monoisotopic (exact) mass is 533 g/mol. The molecule has 6 rings (SSSR count). The molecule has 1 aliphatic carbocycles. The Labute approximate surface area is 232 Å². The van der Waals surface area contributed by atoms with E-state index in [-0.39, 0.29) is 0 Å². The van der Waals surface area contributed by atoms with Crippen LogP contribution < -0.4 is 9.47 Å². The minimum Gasteiger partial charge on any atom is -0.493 e. The number of pyridine rings is 1. The van der Waals surface area contributed by atoms with Gasteiger partial charge in [-0.1, -0.05) is 0 Å². The Morgan fingerprint density at radius 2 is 1.64 bits per heavy atom. The molecule has 0 amide bonds. The van der Waals surface area contributed by atoms with Crippen LogP contribution in [0.2, 0.25) is 0 Å². The largest absolute Gasteiger partial charge is 0.493 e. The summed E-state index contributed by atoms with van der Waals surface area (Å²) >= 11 is 0. The molecule has 2 saturated heterocycles. The molecule has 1 aromatic carbocycles. The topological polar surface area (TPSA) is 64.9 Å². The molecular weight excluding hydrogens is 490 g/mol. The maximum absolute atomic E-state index is 5.53. The van der Waals surface area contributed by atoms with E-state index in [0.29, 0.717) is 17.4 Å². The highest BCUT2D eigenvalue weighted by molar-refractivity contribution is 5.81. The second-order valence-electron chi connectivity index (χ2n) is 11.8. The quantitative estimate of drug-likeness (QED) is 0.423. The number of likely N-dealkylation sites (tertiary alicyclic amines) is 2. The van der Waals surface area contributed by atoms with Crippen LogP contribution in [-0.4, -0.2) is 91.0 Å². The molecule has 8 heteroatoms. The van der Waals surface area contributed by atoms with Crippen molar-refractivity contribution in [3.8, 4) is 22.9 Å². The summed E-state index contributed by atoms with van der Waals surface area (Å²) < 4.78 is 18.4. The molecule has 4 heterocycles. The Morgan fingerprint density at radius 1 is 0.923 bits per heavy atom. The number of ether oxygens (including phenoxy) is 3. The Balaban J connectivity index is 1.13. The van der Waals surface area contributed by atoms with Crippen molar-refractivity contribution in [1.82, 2.24) is 24.3 Å². The smallest absolute Gasteiger partial charge is 0.161 e. The molecule has 0 N–H and O–H groups in total. The van der Waals surface area contributed by atoms with Crippen molar-refractivity contribution in [2.24, 2.45) is 18.9 Å². The van der Waals surface area contributed by atoms with Gasteiger partial charge in [-0.15, -0.1) is 0 Å². The highest BCUT2D eigenvalue weighted by Gasteiger charge is 2.43. The van der Waals surface area contributed by atoms with Crippen LogP contribution in [0.25, 0.3) is 22.6 Å². The molecule has 210 valence electrons. The number of fused-ring (bicyclic) bond motifs is 2. The Morgan fingerprint density at radius 3 is 2.31 bits per heavy atom. The van der Waals surface area contributed by atoms with Crippen LogP contribution in [0.1, 0.15) is 42.9 Å². The number of hydrogen-bond donors (Lipinski definition) is 0. The summed E-state index contributed by atoms with van der Waals surface area (Å²) in [5.41, 5.74) is 5.34. The summed E-state index contributed by atoms with van der Waals surface area (Å²) in [6.07, 6.45) is 5.11. The van der Waals surface area contributed by atoms with Crippen LogP contribution >= 0.6 is 0 Å². The summed E-state index contributed by atoms with van der Waals surface area (Å²) in [7, 11) is 7.19. The zero-order chi connectivity index (χ0) is 27.1. The van der Waals surface area contributed by atoms with Gasteiger partial charge in [0.1, 0.15) is 11.3 Å². The molecular formula is C31H43N5O3. The third-order valence-electron chi connectivity index (χ3n) is 9.56. The predicted molar refractivity (Wildman–Crippen MR) is 154 cm³/mol. The second kappa shape index (κ2) is 11.1. The normalized spacial score (nSPS) is 24.5. The lowest BCUT2D eigenvalue weighted by atomic mass is 9.91. The summed E-state index contributed by atoms with van der Waals surface area (Å²) in [6, 6.07) is 9.00. The first-order valence-corrected chi connectivity index (χ1v) is 14.5. The summed E-state index contributed by atoms with van der Waals surface area (Å²) in [6.45, 7) is 9.00. The fourth-order valence-electron chi connectivity index (χ4n) is 7.40.